The van der Waals surface area contributed by atoms with E-state index >= 15 is 0 Å². The molecule has 0 saturated carbocycles. The van der Waals surface area contributed by atoms with E-state index in [4.69, 9.17) is 11.6 Å². The highest BCUT2D eigenvalue weighted by Crippen LogP contribution is 2.32. The highest BCUT2D eigenvalue weighted by Gasteiger charge is 2.38. The molecule has 29 heavy (non-hydrogen) atoms. The van der Waals surface area contributed by atoms with Crippen molar-refractivity contribution >= 4 is 51.7 Å². The number of thioether (sulfide) groups is 1. The summed E-state index contributed by atoms with van der Waals surface area (Å²) in [6, 6.07) is 12.8. The van der Waals surface area contributed by atoms with E-state index in [2.05, 4.69) is 16.9 Å². The molecule has 1 N–H and O–H groups in total. The second-order valence-electron chi connectivity index (χ2n) is 6.77. The van der Waals surface area contributed by atoms with Crippen LogP contribution < -0.4 is 5.32 Å². The van der Waals surface area contributed by atoms with Gasteiger partial charge in [0.25, 0.3) is 0 Å². The number of hydrogen-bond donors (Lipinski definition) is 1. The van der Waals surface area contributed by atoms with Gasteiger partial charge in [-0.15, -0.1) is 6.58 Å². The van der Waals surface area contributed by atoms with Crippen molar-refractivity contribution in [2.45, 2.75) is 25.5 Å². The van der Waals surface area contributed by atoms with Gasteiger partial charge in [-0.1, -0.05) is 41.6 Å². The van der Waals surface area contributed by atoms with E-state index in [9.17, 15) is 9.59 Å². The maximum Gasteiger partial charge on any atom is 0.242 e. The Morgan fingerprint density at radius 1 is 1.28 bits per heavy atom. The van der Waals surface area contributed by atoms with Crippen LogP contribution in [0.2, 0.25) is 5.02 Å². The number of carbonyl (C=O) groups is 2. The van der Waals surface area contributed by atoms with Crippen LogP contribution in [0.5, 0.6) is 0 Å². The molecular formula is C22H22ClN3O2S. The maximum absolute atomic E-state index is 12.8. The van der Waals surface area contributed by atoms with Crippen molar-refractivity contribution in [1.82, 2.24) is 4.90 Å². The van der Waals surface area contributed by atoms with Crippen LogP contribution in [0.15, 0.2) is 60.1 Å². The van der Waals surface area contributed by atoms with Gasteiger partial charge in [0.05, 0.1) is 5.69 Å². The van der Waals surface area contributed by atoms with Crippen LogP contribution >= 0.6 is 23.4 Å². The molecule has 2 amide bonds. The number of aryl methyl sites for hydroxylation is 2. The summed E-state index contributed by atoms with van der Waals surface area (Å²) in [6.45, 7) is 8.14. The minimum atomic E-state index is -0.528. The predicted molar refractivity (Wildman–Crippen MR) is 121 cm³/mol. The third-order valence-corrected chi connectivity index (χ3v) is 5.94. The lowest BCUT2D eigenvalue weighted by Crippen LogP contribution is -2.33. The summed E-state index contributed by atoms with van der Waals surface area (Å²) in [5, 5.41) is 3.38. The van der Waals surface area contributed by atoms with Crippen LogP contribution in [0, 0.1) is 13.8 Å². The fourth-order valence-electron chi connectivity index (χ4n) is 2.87. The molecule has 1 atom stereocenters. The van der Waals surface area contributed by atoms with E-state index in [1.807, 2.05) is 32.0 Å². The van der Waals surface area contributed by atoms with Gasteiger partial charge >= 0.3 is 0 Å². The monoisotopic (exact) mass is 427 g/mol. The Bertz CT molecular complexity index is 990. The zero-order valence-electron chi connectivity index (χ0n) is 16.3. The van der Waals surface area contributed by atoms with Gasteiger partial charge in [0.2, 0.25) is 11.8 Å². The first kappa shape index (κ1) is 21.1. The van der Waals surface area contributed by atoms with Crippen molar-refractivity contribution in [3.05, 3.63) is 71.3 Å². The Balaban J connectivity index is 1.75. The van der Waals surface area contributed by atoms with Gasteiger partial charge in [-0.25, -0.2) is 4.99 Å². The molecule has 0 bridgehead atoms. The van der Waals surface area contributed by atoms with Crippen LogP contribution in [0.25, 0.3) is 0 Å². The first-order chi connectivity index (χ1) is 13.9. The molecule has 0 aromatic heterocycles. The number of rotatable bonds is 6. The molecule has 0 radical (unpaired) electrons. The van der Waals surface area contributed by atoms with E-state index in [-0.39, 0.29) is 18.2 Å². The quantitative estimate of drug-likeness (QED) is 0.652. The predicted octanol–water partition coefficient (Wildman–Crippen LogP) is 5.10. The van der Waals surface area contributed by atoms with Crippen molar-refractivity contribution in [1.29, 1.82) is 0 Å². The number of amides is 2. The Kier molecular flexibility index (Phi) is 6.77. The highest BCUT2D eigenvalue weighted by molar-refractivity contribution is 8.15. The lowest BCUT2D eigenvalue weighted by atomic mass is 10.1. The summed E-state index contributed by atoms with van der Waals surface area (Å²) >= 11 is 7.26. The topological polar surface area (TPSA) is 61.8 Å². The number of nitrogens with one attached hydrogen (secondary N) is 1. The molecular weight excluding hydrogens is 406 g/mol. The normalized spacial score (nSPS) is 17.6. The number of aliphatic imine (C=N–C) groups is 1. The molecule has 0 aliphatic carbocycles. The number of hydrogen-bond acceptors (Lipinski definition) is 4. The maximum atomic E-state index is 12.8. The van der Waals surface area contributed by atoms with Gasteiger partial charge in [0.15, 0.2) is 5.17 Å². The van der Waals surface area contributed by atoms with E-state index in [0.717, 1.165) is 11.3 Å². The lowest BCUT2D eigenvalue weighted by Gasteiger charge is -2.14. The second-order valence-corrected chi connectivity index (χ2v) is 8.38. The van der Waals surface area contributed by atoms with E-state index in [1.54, 1.807) is 35.2 Å². The fourth-order valence-corrected chi connectivity index (χ4v) is 4.23. The summed E-state index contributed by atoms with van der Waals surface area (Å²) in [5.74, 6) is -0.386. The van der Waals surface area contributed by atoms with Gasteiger partial charge in [-0.2, -0.15) is 0 Å². The Hall–Kier alpha value is -2.57. The summed E-state index contributed by atoms with van der Waals surface area (Å²) in [7, 11) is 0. The Morgan fingerprint density at radius 2 is 2.07 bits per heavy atom. The smallest absolute Gasteiger partial charge is 0.242 e. The van der Waals surface area contributed by atoms with Crippen molar-refractivity contribution in [2.75, 3.05) is 11.9 Å². The molecule has 1 fully saturated rings. The average Bonchev–Trinajstić information content (AvgIpc) is 2.94. The van der Waals surface area contributed by atoms with Crippen LogP contribution in [-0.2, 0) is 9.59 Å². The Morgan fingerprint density at radius 3 is 2.76 bits per heavy atom. The number of nitrogens with zero attached hydrogens (tertiary/aromatic N) is 2. The second kappa shape index (κ2) is 9.29. The third kappa shape index (κ3) is 5.28. The van der Waals surface area contributed by atoms with Crippen molar-refractivity contribution < 1.29 is 9.59 Å². The van der Waals surface area contributed by atoms with Crippen LogP contribution in [0.3, 0.4) is 0 Å². The van der Waals surface area contributed by atoms with Gasteiger partial charge in [0, 0.05) is 23.7 Å². The van der Waals surface area contributed by atoms with Gasteiger partial charge in [0.1, 0.15) is 5.25 Å². The fraction of sp³-hybridized carbons (Fsp3) is 0.227. The minimum Gasteiger partial charge on any atom is -0.326 e. The van der Waals surface area contributed by atoms with E-state index in [0.29, 0.717) is 22.4 Å². The van der Waals surface area contributed by atoms with Crippen molar-refractivity contribution in [3.63, 3.8) is 0 Å². The zero-order chi connectivity index (χ0) is 21.0. The van der Waals surface area contributed by atoms with Crippen LogP contribution in [0.1, 0.15) is 17.5 Å². The third-order valence-electron chi connectivity index (χ3n) is 4.53. The van der Waals surface area contributed by atoms with Gasteiger partial charge < -0.3 is 5.32 Å². The van der Waals surface area contributed by atoms with E-state index < -0.39 is 5.25 Å². The molecule has 1 aliphatic heterocycles. The number of halogens is 1. The summed E-state index contributed by atoms with van der Waals surface area (Å²) in [6.07, 6.45) is 1.71. The zero-order valence-corrected chi connectivity index (χ0v) is 17.9. The first-order valence-corrected chi connectivity index (χ1v) is 10.4. The standard InChI is InChI=1S/C22H22ClN3O2S/c1-4-10-26-21(28)19(13-20(27)24-17-7-5-6-16(23)12-17)29-22(26)25-18-9-8-14(2)15(3)11-18/h4-9,11-12,19H,1,10,13H2,2-3H3,(H,24,27). The number of benzene rings is 2. The lowest BCUT2D eigenvalue weighted by molar-refractivity contribution is -0.127. The summed E-state index contributed by atoms with van der Waals surface area (Å²) in [5.41, 5.74) is 3.70. The van der Waals surface area contributed by atoms with Gasteiger partial charge in [-0.05, 0) is 55.3 Å². The minimum absolute atomic E-state index is 0.0512. The number of anilines is 1. The molecule has 7 heteroatoms. The highest BCUT2D eigenvalue weighted by atomic mass is 35.5. The molecule has 0 spiro atoms. The molecule has 1 saturated heterocycles. The molecule has 2 aromatic rings. The van der Waals surface area contributed by atoms with Gasteiger partial charge in [-0.3, -0.25) is 14.5 Å². The number of carbonyl (C=O) groups excluding carboxylic acids is 2. The molecule has 2 aromatic carbocycles. The molecule has 1 aliphatic rings. The summed E-state index contributed by atoms with van der Waals surface area (Å²) < 4.78 is 0. The van der Waals surface area contributed by atoms with Crippen molar-refractivity contribution in [2.24, 2.45) is 4.99 Å². The molecule has 150 valence electrons. The molecule has 1 heterocycles. The first-order valence-electron chi connectivity index (χ1n) is 9.17. The van der Waals surface area contributed by atoms with E-state index in [1.165, 1.54) is 17.3 Å². The average molecular weight is 428 g/mol. The SMILES string of the molecule is C=CCN1C(=O)C(CC(=O)Nc2cccc(Cl)c2)SC1=Nc1ccc(C)c(C)c1. The largest absolute Gasteiger partial charge is 0.326 e. The molecule has 1 unspecified atom stereocenters. The molecule has 5 nitrogen and oxygen atoms in total. The van der Waals surface area contributed by atoms with Crippen LogP contribution in [0.4, 0.5) is 11.4 Å². The van der Waals surface area contributed by atoms with Crippen LogP contribution in [-0.4, -0.2) is 33.7 Å². The Labute approximate surface area is 179 Å². The number of amidine groups is 1. The molecule has 3 rings (SSSR count). The summed E-state index contributed by atoms with van der Waals surface area (Å²) in [4.78, 5) is 31.5. The van der Waals surface area contributed by atoms with Crippen molar-refractivity contribution in [3.8, 4) is 0 Å².